The van der Waals surface area contributed by atoms with Crippen LogP contribution in [0.3, 0.4) is 0 Å². The summed E-state index contributed by atoms with van der Waals surface area (Å²) in [5, 5.41) is 8.73. The zero-order chi connectivity index (χ0) is 20.9. The molecule has 0 atom stereocenters. The third-order valence-corrected chi connectivity index (χ3v) is 5.85. The molecule has 0 N–H and O–H groups in total. The first-order valence-electron chi connectivity index (χ1n) is 9.74. The van der Waals surface area contributed by atoms with Crippen molar-refractivity contribution in [1.82, 2.24) is 15.1 Å². The van der Waals surface area contributed by atoms with Crippen molar-refractivity contribution in [3.8, 4) is 23.0 Å². The summed E-state index contributed by atoms with van der Waals surface area (Å²) in [5.74, 6) is 2.49. The molecule has 1 aliphatic rings. The number of likely N-dealkylation sites (tertiary alicyclic amines) is 1. The summed E-state index contributed by atoms with van der Waals surface area (Å²) in [4.78, 5) is 14.4. The molecule has 0 unspecified atom stereocenters. The Morgan fingerprint density at radius 2 is 1.70 bits per heavy atom. The molecule has 1 fully saturated rings. The van der Waals surface area contributed by atoms with Gasteiger partial charge in [0.05, 0.1) is 14.2 Å². The second-order valence-corrected chi connectivity index (χ2v) is 7.89. The number of thioether (sulfide) groups is 1. The first-order chi connectivity index (χ1) is 14.7. The molecule has 1 amide bonds. The Morgan fingerprint density at radius 3 is 2.33 bits per heavy atom. The molecule has 7 nitrogen and oxygen atoms in total. The normalized spacial score (nSPS) is 13.5. The highest BCUT2D eigenvalue weighted by molar-refractivity contribution is 7.98. The van der Waals surface area contributed by atoms with Crippen LogP contribution in [0.15, 0.2) is 52.1 Å². The van der Waals surface area contributed by atoms with E-state index in [2.05, 4.69) is 10.2 Å². The van der Waals surface area contributed by atoms with Gasteiger partial charge < -0.3 is 18.8 Å². The highest BCUT2D eigenvalue weighted by atomic mass is 32.2. The van der Waals surface area contributed by atoms with Crippen molar-refractivity contribution >= 4 is 17.7 Å². The van der Waals surface area contributed by atoms with Crippen LogP contribution in [0, 0.1) is 0 Å². The summed E-state index contributed by atoms with van der Waals surface area (Å²) in [5.41, 5.74) is 2.55. The third kappa shape index (κ3) is 4.59. The van der Waals surface area contributed by atoms with Crippen molar-refractivity contribution < 1.29 is 18.7 Å². The fourth-order valence-corrected chi connectivity index (χ4v) is 4.03. The molecule has 0 aliphatic carbocycles. The van der Waals surface area contributed by atoms with E-state index in [1.165, 1.54) is 11.8 Å². The van der Waals surface area contributed by atoms with Crippen molar-refractivity contribution in [2.24, 2.45) is 0 Å². The predicted octanol–water partition coefficient (Wildman–Crippen LogP) is 4.28. The van der Waals surface area contributed by atoms with Gasteiger partial charge in [-0.2, -0.15) is 0 Å². The van der Waals surface area contributed by atoms with Crippen LogP contribution in [0.5, 0.6) is 11.5 Å². The molecule has 0 saturated carbocycles. The lowest BCUT2D eigenvalue weighted by Gasteiger charge is -2.15. The molecule has 0 radical (unpaired) electrons. The molecule has 2 heterocycles. The quantitative estimate of drug-likeness (QED) is 0.523. The maximum atomic E-state index is 12.4. The van der Waals surface area contributed by atoms with E-state index in [1.54, 1.807) is 20.3 Å². The van der Waals surface area contributed by atoms with Crippen molar-refractivity contribution in [2.45, 2.75) is 23.8 Å². The molecule has 0 bridgehead atoms. The summed E-state index contributed by atoms with van der Waals surface area (Å²) in [6.45, 7) is 1.71. The average Bonchev–Trinajstić information content (AvgIpc) is 3.49. The minimum absolute atomic E-state index is 0.113. The number of hydrogen-bond donors (Lipinski definition) is 0. The second-order valence-electron chi connectivity index (χ2n) is 6.96. The highest BCUT2D eigenvalue weighted by Gasteiger charge is 2.19. The molecule has 3 aromatic rings. The van der Waals surface area contributed by atoms with Gasteiger partial charge in [0, 0.05) is 36.0 Å². The number of ether oxygens (including phenoxy) is 2. The fourth-order valence-electron chi connectivity index (χ4n) is 3.31. The van der Waals surface area contributed by atoms with Gasteiger partial charge in [-0.05, 0) is 42.7 Å². The van der Waals surface area contributed by atoms with Gasteiger partial charge >= 0.3 is 0 Å². The molecule has 1 aliphatic heterocycles. The Labute approximate surface area is 179 Å². The van der Waals surface area contributed by atoms with Crippen LogP contribution in [0.2, 0.25) is 0 Å². The summed E-state index contributed by atoms with van der Waals surface area (Å²) in [7, 11) is 3.19. The maximum absolute atomic E-state index is 12.4. The average molecular weight is 426 g/mol. The molecule has 30 heavy (non-hydrogen) atoms. The fraction of sp³-hybridized carbons (Fsp3) is 0.318. The lowest BCUT2D eigenvalue weighted by Crippen LogP contribution is -2.27. The Hall–Kier alpha value is -3.00. The number of carbonyl (C=O) groups is 1. The summed E-state index contributed by atoms with van der Waals surface area (Å²) in [6.07, 6.45) is 2.18. The van der Waals surface area contributed by atoms with Crippen molar-refractivity contribution in [2.75, 3.05) is 27.3 Å². The van der Waals surface area contributed by atoms with E-state index in [-0.39, 0.29) is 5.91 Å². The van der Waals surface area contributed by atoms with E-state index in [4.69, 9.17) is 13.9 Å². The van der Waals surface area contributed by atoms with Gasteiger partial charge in [0.15, 0.2) is 0 Å². The van der Waals surface area contributed by atoms with Gasteiger partial charge in [0.25, 0.3) is 11.1 Å². The van der Waals surface area contributed by atoms with E-state index >= 15 is 0 Å². The summed E-state index contributed by atoms with van der Waals surface area (Å²) in [6, 6.07) is 13.1. The number of hydrogen-bond acceptors (Lipinski definition) is 7. The molecule has 1 aromatic heterocycles. The molecular weight excluding hydrogens is 402 g/mol. The van der Waals surface area contributed by atoms with Crippen molar-refractivity contribution in [1.29, 1.82) is 0 Å². The van der Waals surface area contributed by atoms with Crippen LogP contribution in [-0.4, -0.2) is 48.3 Å². The maximum Gasteiger partial charge on any atom is 0.277 e. The van der Waals surface area contributed by atoms with Gasteiger partial charge in [-0.3, -0.25) is 4.79 Å². The third-order valence-electron chi connectivity index (χ3n) is 4.96. The Bertz CT molecular complexity index is 991. The first-order valence-corrected chi connectivity index (χ1v) is 10.7. The molecule has 0 spiro atoms. The monoisotopic (exact) mass is 425 g/mol. The van der Waals surface area contributed by atoms with E-state index in [9.17, 15) is 4.79 Å². The predicted molar refractivity (Wildman–Crippen MR) is 114 cm³/mol. The lowest BCUT2D eigenvalue weighted by molar-refractivity contribution is 0.0793. The number of methoxy groups -OCH3 is 2. The lowest BCUT2D eigenvalue weighted by atomic mass is 10.1. The van der Waals surface area contributed by atoms with Crippen LogP contribution in [-0.2, 0) is 5.75 Å². The number of rotatable bonds is 7. The van der Waals surface area contributed by atoms with Gasteiger partial charge in [-0.15, -0.1) is 10.2 Å². The highest BCUT2D eigenvalue weighted by Crippen LogP contribution is 2.31. The Balaban J connectivity index is 1.39. The SMILES string of the molecule is COc1cc(OC)cc(-c2nnc(SCc3ccc(C(=O)N4CCCC4)cc3)o2)c1. The topological polar surface area (TPSA) is 77.7 Å². The van der Waals surface area contributed by atoms with Crippen LogP contribution in [0.25, 0.3) is 11.5 Å². The summed E-state index contributed by atoms with van der Waals surface area (Å²) < 4.78 is 16.4. The van der Waals surface area contributed by atoms with Crippen LogP contribution in [0.4, 0.5) is 0 Å². The Kier molecular flexibility index (Phi) is 6.23. The molecule has 8 heteroatoms. The molecule has 1 saturated heterocycles. The molecule has 156 valence electrons. The number of benzene rings is 2. The van der Waals surface area contributed by atoms with Crippen LogP contribution >= 0.6 is 11.8 Å². The number of aromatic nitrogens is 2. The number of amides is 1. The van der Waals surface area contributed by atoms with E-state index in [0.717, 1.165) is 42.6 Å². The van der Waals surface area contributed by atoms with Crippen molar-refractivity contribution in [3.63, 3.8) is 0 Å². The van der Waals surface area contributed by atoms with Crippen LogP contribution in [0.1, 0.15) is 28.8 Å². The molecule has 2 aromatic carbocycles. The van der Waals surface area contributed by atoms with E-state index in [0.29, 0.717) is 28.4 Å². The zero-order valence-electron chi connectivity index (χ0n) is 17.0. The van der Waals surface area contributed by atoms with Crippen molar-refractivity contribution in [3.05, 3.63) is 53.6 Å². The molecular formula is C22H23N3O4S. The Morgan fingerprint density at radius 1 is 1.03 bits per heavy atom. The summed E-state index contributed by atoms with van der Waals surface area (Å²) >= 11 is 1.45. The van der Waals surface area contributed by atoms with E-state index in [1.807, 2.05) is 41.3 Å². The van der Waals surface area contributed by atoms with Crippen LogP contribution < -0.4 is 9.47 Å². The largest absolute Gasteiger partial charge is 0.497 e. The zero-order valence-corrected chi connectivity index (χ0v) is 17.8. The second kappa shape index (κ2) is 9.21. The molecule has 4 rings (SSSR count). The van der Waals surface area contributed by atoms with Gasteiger partial charge in [0.2, 0.25) is 5.89 Å². The standard InChI is InChI=1S/C22H23N3O4S/c1-27-18-11-17(12-19(13-18)28-2)20-23-24-22(29-20)30-14-15-5-7-16(8-6-15)21(26)25-9-3-4-10-25/h5-8,11-13H,3-4,9-10,14H2,1-2H3. The smallest absolute Gasteiger partial charge is 0.277 e. The van der Waals surface area contributed by atoms with Gasteiger partial charge in [-0.1, -0.05) is 23.9 Å². The van der Waals surface area contributed by atoms with Gasteiger partial charge in [-0.25, -0.2) is 0 Å². The first kappa shape index (κ1) is 20.3. The van der Waals surface area contributed by atoms with Gasteiger partial charge in [0.1, 0.15) is 11.5 Å². The minimum Gasteiger partial charge on any atom is -0.497 e. The minimum atomic E-state index is 0.113. The van der Waals surface area contributed by atoms with E-state index < -0.39 is 0 Å². The number of nitrogens with zero attached hydrogens (tertiary/aromatic N) is 3. The number of carbonyl (C=O) groups excluding carboxylic acids is 1.